The Hall–Kier alpha value is -2.68. The number of hydrogen-bond donors (Lipinski definition) is 0. The number of benzene rings is 3. The molecule has 0 radical (unpaired) electrons. The van der Waals surface area contributed by atoms with Crippen LogP contribution in [0.25, 0.3) is 11.1 Å². The van der Waals surface area contributed by atoms with Gasteiger partial charge in [0.2, 0.25) is 0 Å². The molecular weight excluding hydrogens is 333 g/mol. The zero-order chi connectivity index (χ0) is 18.5. The molecule has 4 rings (SSSR count). The van der Waals surface area contributed by atoms with Crippen molar-refractivity contribution < 1.29 is 13.2 Å². The van der Waals surface area contributed by atoms with Crippen molar-refractivity contribution in [2.75, 3.05) is 0 Å². The van der Waals surface area contributed by atoms with E-state index in [1.807, 2.05) is 24.3 Å². The maximum Gasteiger partial charge on any atom is 0.416 e. The molecule has 0 N–H and O–H groups in total. The monoisotopic (exact) mass is 351 g/mol. The molecule has 1 aliphatic rings. The summed E-state index contributed by atoms with van der Waals surface area (Å²) in [5, 5.41) is 0. The number of fused-ring (bicyclic) bond motifs is 3. The normalized spacial score (nSPS) is 19.0. The summed E-state index contributed by atoms with van der Waals surface area (Å²) in [5.74, 6) is 1.14. The van der Waals surface area contributed by atoms with E-state index < -0.39 is 17.2 Å². The van der Waals surface area contributed by atoms with E-state index in [1.165, 1.54) is 17.7 Å². The van der Waals surface area contributed by atoms with Gasteiger partial charge < -0.3 is 0 Å². The van der Waals surface area contributed by atoms with Crippen LogP contribution in [0.4, 0.5) is 13.2 Å². The van der Waals surface area contributed by atoms with Crippen molar-refractivity contribution in [3.05, 3.63) is 101 Å². The molecule has 0 spiro atoms. The molecule has 130 valence electrons. The Labute approximate surface area is 151 Å². The lowest BCUT2D eigenvalue weighted by molar-refractivity contribution is -0.137. The second-order valence-electron chi connectivity index (χ2n) is 6.92. The van der Waals surface area contributed by atoms with Gasteiger partial charge in [-0.1, -0.05) is 30.3 Å². The van der Waals surface area contributed by atoms with Gasteiger partial charge in [0.25, 0.3) is 0 Å². The van der Waals surface area contributed by atoms with Gasteiger partial charge in [-0.25, -0.2) is 0 Å². The Morgan fingerprint density at radius 2 is 1.35 bits per heavy atom. The van der Waals surface area contributed by atoms with Crippen LogP contribution in [0.1, 0.15) is 36.1 Å². The lowest BCUT2D eigenvalue weighted by Crippen LogP contribution is -2.34. The van der Waals surface area contributed by atoms with Crippen LogP contribution in [0, 0.1) is 5.92 Å². The van der Waals surface area contributed by atoms with E-state index >= 15 is 0 Å². The molecule has 0 aliphatic heterocycles. The molecule has 0 heterocycles. The van der Waals surface area contributed by atoms with E-state index in [0.717, 1.165) is 28.2 Å². The predicted molar refractivity (Wildman–Crippen MR) is 97.8 cm³/mol. The highest BCUT2D eigenvalue weighted by atomic mass is 19.4. The third kappa shape index (κ3) is 2.34. The van der Waals surface area contributed by atoms with Crippen LogP contribution in [-0.2, 0) is 11.6 Å². The molecule has 0 saturated carbocycles. The molecule has 3 aromatic carbocycles. The SMILES string of the molecule is C[C+]1c2ccccc2-c2ccccc2C1(C)c1ccc(C(F)(F)F)cc1. The zero-order valence-electron chi connectivity index (χ0n) is 14.6. The fourth-order valence-corrected chi connectivity index (χ4v) is 4.03. The lowest BCUT2D eigenvalue weighted by Gasteiger charge is -2.37. The van der Waals surface area contributed by atoms with Crippen molar-refractivity contribution >= 4 is 0 Å². The molecule has 26 heavy (non-hydrogen) atoms. The molecule has 1 aliphatic carbocycles. The Kier molecular flexibility index (Phi) is 3.65. The summed E-state index contributed by atoms with van der Waals surface area (Å²) >= 11 is 0. The van der Waals surface area contributed by atoms with Crippen LogP contribution in [-0.4, -0.2) is 0 Å². The van der Waals surface area contributed by atoms with Gasteiger partial charge in [0.05, 0.1) is 16.5 Å². The van der Waals surface area contributed by atoms with E-state index in [1.54, 1.807) is 12.1 Å². The third-order valence-corrected chi connectivity index (χ3v) is 5.63. The molecule has 0 aromatic heterocycles. The largest absolute Gasteiger partial charge is 0.416 e. The van der Waals surface area contributed by atoms with Crippen molar-refractivity contribution in [3.63, 3.8) is 0 Å². The van der Waals surface area contributed by atoms with Crippen molar-refractivity contribution in [2.24, 2.45) is 0 Å². The van der Waals surface area contributed by atoms with Gasteiger partial charge in [-0.3, -0.25) is 0 Å². The molecule has 0 saturated heterocycles. The van der Waals surface area contributed by atoms with Gasteiger partial charge in [0.15, 0.2) is 0 Å². The molecule has 0 bridgehead atoms. The Morgan fingerprint density at radius 3 is 2.00 bits per heavy atom. The van der Waals surface area contributed by atoms with E-state index in [2.05, 4.69) is 38.1 Å². The molecule has 0 amide bonds. The van der Waals surface area contributed by atoms with Crippen LogP contribution in [0.5, 0.6) is 0 Å². The van der Waals surface area contributed by atoms with Crippen molar-refractivity contribution in [3.8, 4) is 11.1 Å². The van der Waals surface area contributed by atoms with Crippen molar-refractivity contribution in [1.82, 2.24) is 0 Å². The van der Waals surface area contributed by atoms with Crippen molar-refractivity contribution in [2.45, 2.75) is 25.4 Å². The fourth-order valence-electron chi connectivity index (χ4n) is 4.03. The molecule has 0 fully saturated rings. The third-order valence-electron chi connectivity index (χ3n) is 5.63. The topological polar surface area (TPSA) is 0 Å². The first-order valence-corrected chi connectivity index (χ1v) is 8.54. The predicted octanol–water partition coefficient (Wildman–Crippen LogP) is 6.63. The average Bonchev–Trinajstić information content (AvgIpc) is 2.65. The fraction of sp³-hybridized carbons (Fsp3) is 0.174. The molecule has 3 heteroatoms. The maximum atomic E-state index is 13.0. The minimum Gasteiger partial charge on any atom is -0.166 e. The summed E-state index contributed by atoms with van der Waals surface area (Å²) in [6.45, 7) is 4.17. The minimum absolute atomic E-state index is 0.477. The molecular formula is C23H18F3+. The summed E-state index contributed by atoms with van der Waals surface area (Å²) in [7, 11) is 0. The van der Waals surface area contributed by atoms with E-state index in [4.69, 9.17) is 0 Å². The van der Waals surface area contributed by atoms with Gasteiger partial charge >= 0.3 is 6.18 Å². The second-order valence-corrected chi connectivity index (χ2v) is 6.92. The molecule has 0 nitrogen and oxygen atoms in total. The summed E-state index contributed by atoms with van der Waals surface area (Å²) in [4.78, 5) is 0. The molecule has 3 aromatic rings. The van der Waals surface area contributed by atoms with Crippen molar-refractivity contribution in [1.29, 1.82) is 0 Å². The van der Waals surface area contributed by atoms with Crippen LogP contribution >= 0.6 is 0 Å². The van der Waals surface area contributed by atoms with Gasteiger partial charge in [-0.15, -0.1) is 0 Å². The quantitative estimate of drug-likeness (QED) is 0.431. The van der Waals surface area contributed by atoms with Gasteiger partial charge in [-0.05, 0) is 42.8 Å². The zero-order valence-corrected chi connectivity index (χ0v) is 14.6. The van der Waals surface area contributed by atoms with E-state index in [-0.39, 0.29) is 0 Å². The van der Waals surface area contributed by atoms with Crippen LogP contribution in [0.2, 0.25) is 0 Å². The summed E-state index contributed by atoms with van der Waals surface area (Å²) in [6, 6.07) is 21.9. The van der Waals surface area contributed by atoms with Crippen LogP contribution in [0.3, 0.4) is 0 Å². The minimum atomic E-state index is -4.32. The number of halogens is 3. The Bertz CT molecular complexity index is 954. The van der Waals surface area contributed by atoms with Gasteiger partial charge in [-0.2, -0.15) is 13.2 Å². The first-order valence-electron chi connectivity index (χ1n) is 8.54. The summed E-state index contributed by atoms with van der Waals surface area (Å²) in [5.41, 5.74) is 4.34. The molecule has 1 atom stereocenters. The van der Waals surface area contributed by atoms with Gasteiger partial charge in [0, 0.05) is 36.1 Å². The average molecular weight is 351 g/mol. The first-order chi connectivity index (χ1) is 12.3. The highest BCUT2D eigenvalue weighted by molar-refractivity contribution is 5.81. The van der Waals surface area contributed by atoms with Gasteiger partial charge in [0.1, 0.15) is 5.56 Å². The summed E-state index contributed by atoms with van der Waals surface area (Å²) < 4.78 is 38.9. The number of rotatable bonds is 1. The standard InChI is InChI=1S/C23H18F3/c1-15-18-7-3-4-8-19(18)20-9-5-6-10-21(20)22(15,2)16-11-13-17(14-12-16)23(24,25)26/h3-14H,1-2H3/q+1. The highest BCUT2D eigenvalue weighted by Gasteiger charge is 2.48. The first kappa shape index (κ1) is 16.8. The number of alkyl halides is 3. The smallest absolute Gasteiger partial charge is 0.166 e. The molecule has 1 unspecified atom stereocenters. The lowest BCUT2D eigenvalue weighted by atomic mass is 9.60. The van der Waals surface area contributed by atoms with E-state index in [0.29, 0.717) is 0 Å². The number of hydrogen-bond acceptors (Lipinski definition) is 0. The summed E-state index contributed by atoms with van der Waals surface area (Å²) in [6.07, 6.45) is -4.32. The second kappa shape index (κ2) is 5.66. The Morgan fingerprint density at radius 1 is 0.769 bits per heavy atom. The van der Waals surface area contributed by atoms with E-state index in [9.17, 15) is 13.2 Å². The van der Waals surface area contributed by atoms with Crippen LogP contribution in [0.15, 0.2) is 72.8 Å². The van der Waals surface area contributed by atoms with Crippen LogP contribution < -0.4 is 0 Å². The highest BCUT2D eigenvalue weighted by Crippen LogP contribution is 2.53. The maximum absolute atomic E-state index is 13.0. The Balaban J connectivity index is 1.93.